The van der Waals surface area contributed by atoms with Crippen LogP contribution in [0, 0.1) is 0 Å². The summed E-state index contributed by atoms with van der Waals surface area (Å²) in [6, 6.07) is 12.6. The first-order valence-corrected chi connectivity index (χ1v) is 6.36. The van der Waals surface area contributed by atoms with E-state index < -0.39 is 0 Å². The van der Waals surface area contributed by atoms with Crippen LogP contribution in [0.2, 0.25) is 0 Å². The monoisotopic (exact) mass is 247 g/mol. The fraction of sp³-hybridized carbons (Fsp3) is 0.125. The van der Waals surface area contributed by atoms with E-state index in [2.05, 4.69) is 58.3 Å². The molecule has 0 amide bonds. The first-order chi connectivity index (χ1) is 9.34. The van der Waals surface area contributed by atoms with Crippen molar-refractivity contribution in [2.24, 2.45) is 4.99 Å². The molecule has 0 bridgehead atoms. The molecule has 3 heteroatoms. The van der Waals surface area contributed by atoms with Crippen molar-refractivity contribution in [3.8, 4) is 0 Å². The molecular formula is C16H13N3. The highest BCUT2D eigenvalue weighted by Crippen LogP contribution is 2.35. The molecule has 0 radical (unpaired) electrons. The third-order valence-corrected chi connectivity index (χ3v) is 3.67. The fourth-order valence-corrected chi connectivity index (χ4v) is 2.79. The Morgan fingerprint density at radius 3 is 2.95 bits per heavy atom. The number of rotatable bonds is 0. The molecule has 0 aliphatic carbocycles. The number of hydrogen-bond donors (Lipinski definition) is 0. The summed E-state index contributed by atoms with van der Waals surface area (Å²) in [7, 11) is 2.08. The second kappa shape index (κ2) is 3.79. The van der Waals surface area contributed by atoms with Crippen LogP contribution < -0.4 is 4.90 Å². The number of aromatic nitrogens is 1. The highest BCUT2D eigenvalue weighted by molar-refractivity contribution is 6.15. The molecule has 1 aromatic heterocycles. The van der Waals surface area contributed by atoms with Crippen molar-refractivity contribution < 1.29 is 0 Å². The predicted octanol–water partition coefficient (Wildman–Crippen LogP) is 3.21. The normalized spacial score (nSPS) is 14.1. The van der Waals surface area contributed by atoms with E-state index in [-0.39, 0.29) is 0 Å². The van der Waals surface area contributed by atoms with Crippen LogP contribution in [0.15, 0.2) is 47.6 Å². The maximum atomic E-state index is 4.58. The third-order valence-electron chi connectivity index (χ3n) is 3.67. The molecule has 1 aliphatic rings. The van der Waals surface area contributed by atoms with Gasteiger partial charge >= 0.3 is 0 Å². The second-order valence-corrected chi connectivity index (χ2v) is 4.89. The zero-order valence-corrected chi connectivity index (χ0v) is 10.7. The minimum Gasteiger partial charge on any atom is -0.354 e. The standard InChI is InChI=1S/C16H13N3/c1-19-10-17-8-12-6-7-14-15(16(12)19)13-5-3-2-4-11(13)9-18-14/h2-9H,10H2,1H3. The van der Waals surface area contributed by atoms with Gasteiger partial charge in [0.2, 0.25) is 0 Å². The lowest BCUT2D eigenvalue weighted by Crippen LogP contribution is -2.22. The highest BCUT2D eigenvalue weighted by Gasteiger charge is 2.16. The summed E-state index contributed by atoms with van der Waals surface area (Å²) in [4.78, 5) is 11.1. The van der Waals surface area contributed by atoms with Crippen LogP contribution in [0.1, 0.15) is 5.56 Å². The van der Waals surface area contributed by atoms with E-state index >= 15 is 0 Å². The van der Waals surface area contributed by atoms with Gasteiger partial charge in [0.1, 0.15) is 6.67 Å². The summed E-state index contributed by atoms with van der Waals surface area (Å²) in [6.07, 6.45) is 3.90. The van der Waals surface area contributed by atoms with Crippen molar-refractivity contribution in [3.63, 3.8) is 0 Å². The summed E-state index contributed by atoms with van der Waals surface area (Å²) in [5.41, 5.74) is 3.44. The van der Waals surface area contributed by atoms with Gasteiger partial charge in [0.15, 0.2) is 0 Å². The number of benzene rings is 2. The number of anilines is 1. The van der Waals surface area contributed by atoms with Gasteiger partial charge in [-0.1, -0.05) is 24.3 Å². The molecule has 0 N–H and O–H groups in total. The lowest BCUT2D eigenvalue weighted by Gasteiger charge is -2.25. The Bertz CT molecular complexity index is 821. The minimum atomic E-state index is 0.704. The molecular weight excluding hydrogens is 234 g/mol. The molecule has 0 saturated heterocycles. The third kappa shape index (κ3) is 1.45. The van der Waals surface area contributed by atoms with Crippen LogP contribution in [-0.2, 0) is 0 Å². The molecule has 19 heavy (non-hydrogen) atoms. The maximum Gasteiger partial charge on any atom is 0.110 e. The van der Waals surface area contributed by atoms with E-state index in [9.17, 15) is 0 Å². The van der Waals surface area contributed by atoms with Gasteiger partial charge in [-0.05, 0) is 17.5 Å². The SMILES string of the molecule is CN1CN=Cc2ccc3ncc4ccccc4c3c21. The molecule has 0 spiro atoms. The molecule has 0 fully saturated rings. The Morgan fingerprint density at radius 1 is 1.11 bits per heavy atom. The molecule has 0 saturated carbocycles. The van der Waals surface area contributed by atoms with Gasteiger partial charge < -0.3 is 4.90 Å². The van der Waals surface area contributed by atoms with Crippen molar-refractivity contribution in [3.05, 3.63) is 48.2 Å². The van der Waals surface area contributed by atoms with Gasteiger partial charge in [0, 0.05) is 35.8 Å². The van der Waals surface area contributed by atoms with E-state index in [0.29, 0.717) is 6.67 Å². The molecule has 0 unspecified atom stereocenters. The topological polar surface area (TPSA) is 28.5 Å². The van der Waals surface area contributed by atoms with Crippen LogP contribution >= 0.6 is 0 Å². The Balaban J connectivity index is 2.26. The smallest absolute Gasteiger partial charge is 0.110 e. The molecule has 4 rings (SSSR count). The molecule has 1 aliphatic heterocycles. The maximum absolute atomic E-state index is 4.58. The highest BCUT2D eigenvalue weighted by atomic mass is 15.2. The van der Waals surface area contributed by atoms with Crippen molar-refractivity contribution in [2.45, 2.75) is 0 Å². The largest absolute Gasteiger partial charge is 0.354 e. The van der Waals surface area contributed by atoms with Gasteiger partial charge in [0.05, 0.1) is 11.2 Å². The Kier molecular flexibility index (Phi) is 2.09. The van der Waals surface area contributed by atoms with Crippen LogP contribution in [0.25, 0.3) is 21.7 Å². The Morgan fingerprint density at radius 2 is 2.00 bits per heavy atom. The summed E-state index contributed by atoms with van der Waals surface area (Å²) in [6.45, 7) is 0.704. The lowest BCUT2D eigenvalue weighted by molar-refractivity contribution is 0.928. The predicted molar refractivity (Wildman–Crippen MR) is 80.1 cm³/mol. The number of nitrogens with zero attached hydrogens (tertiary/aromatic N) is 3. The first-order valence-electron chi connectivity index (χ1n) is 6.36. The minimum absolute atomic E-state index is 0.704. The van der Waals surface area contributed by atoms with E-state index in [1.54, 1.807) is 0 Å². The summed E-state index contributed by atoms with van der Waals surface area (Å²) >= 11 is 0. The number of fused-ring (bicyclic) bond motifs is 5. The van der Waals surface area contributed by atoms with Crippen LogP contribution in [0.4, 0.5) is 5.69 Å². The zero-order valence-electron chi connectivity index (χ0n) is 10.7. The Hall–Kier alpha value is -2.42. The number of pyridine rings is 1. The summed E-state index contributed by atoms with van der Waals surface area (Å²) in [5, 5.41) is 3.66. The van der Waals surface area contributed by atoms with Crippen LogP contribution in [0.5, 0.6) is 0 Å². The molecule has 92 valence electrons. The Labute approximate surface area is 111 Å². The molecule has 3 nitrogen and oxygen atoms in total. The number of aliphatic imine (C=N–C) groups is 1. The van der Waals surface area contributed by atoms with Crippen molar-refractivity contribution >= 4 is 33.6 Å². The molecule has 0 atom stereocenters. The average Bonchev–Trinajstić information content (AvgIpc) is 2.47. The summed E-state index contributed by atoms with van der Waals surface area (Å²) < 4.78 is 0. The van der Waals surface area contributed by atoms with Crippen molar-refractivity contribution in [2.75, 3.05) is 18.6 Å². The van der Waals surface area contributed by atoms with E-state index in [1.807, 2.05) is 12.4 Å². The molecule has 2 aromatic carbocycles. The van der Waals surface area contributed by atoms with E-state index in [4.69, 9.17) is 0 Å². The van der Waals surface area contributed by atoms with Gasteiger partial charge in [-0.3, -0.25) is 9.98 Å². The second-order valence-electron chi connectivity index (χ2n) is 4.89. The van der Waals surface area contributed by atoms with Gasteiger partial charge in [-0.25, -0.2) is 0 Å². The van der Waals surface area contributed by atoms with Crippen molar-refractivity contribution in [1.29, 1.82) is 0 Å². The molecule has 2 heterocycles. The van der Waals surface area contributed by atoms with Crippen molar-refractivity contribution in [1.82, 2.24) is 4.98 Å². The fourth-order valence-electron chi connectivity index (χ4n) is 2.79. The first kappa shape index (κ1) is 10.5. The van der Waals surface area contributed by atoms with Crippen LogP contribution in [-0.4, -0.2) is 24.9 Å². The van der Waals surface area contributed by atoms with Crippen LogP contribution in [0.3, 0.4) is 0 Å². The van der Waals surface area contributed by atoms with E-state index in [1.165, 1.54) is 27.4 Å². The van der Waals surface area contributed by atoms with Gasteiger partial charge in [0.25, 0.3) is 0 Å². The zero-order chi connectivity index (χ0) is 12.8. The average molecular weight is 247 g/mol. The molecule has 3 aromatic rings. The van der Waals surface area contributed by atoms with Gasteiger partial charge in [-0.2, -0.15) is 0 Å². The van der Waals surface area contributed by atoms with E-state index in [0.717, 1.165) is 5.52 Å². The lowest BCUT2D eigenvalue weighted by atomic mass is 10.0. The quantitative estimate of drug-likeness (QED) is 0.571. The number of hydrogen-bond acceptors (Lipinski definition) is 3. The van der Waals surface area contributed by atoms with Gasteiger partial charge in [-0.15, -0.1) is 0 Å². The summed E-state index contributed by atoms with van der Waals surface area (Å²) in [5.74, 6) is 0.